The van der Waals surface area contributed by atoms with E-state index in [9.17, 15) is 9.18 Å². The molecular formula is C13H11FN2O2. The summed E-state index contributed by atoms with van der Waals surface area (Å²) in [5.41, 5.74) is 6.45. The summed E-state index contributed by atoms with van der Waals surface area (Å²) in [6.07, 6.45) is 1.31. The second-order valence-corrected chi connectivity index (χ2v) is 3.67. The zero-order valence-corrected chi connectivity index (χ0v) is 9.47. The number of nitrogens with zero attached hydrogens (tertiary/aromatic N) is 1. The first kappa shape index (κ1) is 12.0. The molecule has 5 heteroatoms. The Morgan fingerprint density at radius 1 is 1.22 bits per heavy atom. The highest BCUT2D eigenvalue weighted by Gasteiger charge is 2.01. The maximum Gasteiger partial charge on any atom is 0.248 e. The van der Waals surface area contributed by atoms with Crippen LogP contribution in [0.5, 0.6) is 5.75 Å². The number of rotatable bonds is 4. The second kappa shape index (κ2) is 5.27. The molecule has 1 amide bonds. The third-order valence-corrected chi connectivity index (χ3v) is 2.34. The molecule has 92 valence electrons. The molecule has 2 aromatic rings. The summed E-state index contributed by atoms with van der Waals surface area (Å²) in [6, 6.07) is 9.48. The van der Waals surface area contributed by atoms with Gasteiger partial charge in [0, 0.05) is 5.56 Å². The van der Waals surface area contributed by atoms with Crippen molar-refractivity contribution in [2.75, 3.05) is 0 Å². The van der Waals surface area contributed by atoms with Gasteiger partial charge in [-0.15, -0.1) is 0 Å². The molecule has 0 saturated heterocycles. The Bertz CT molecular complexity index is 538. The fourth-order valence-electron chi connectivity index (χ4n) is 1.38. The SMILES string of the molecule is NC(=O)c1ccc(COc2ccc(F)nc2)cc1. The Morgan fingerprint density at radius 3 is 2.50 bits per heavy atom. The number of hydrogen-bond donors (Lipinski definition) is 1. The normalized spacial score (nSPS) is 10.1. The van der Waals surface area contributed by atoms with E-state index in [0.29, 0.717) is 17.9 Å². The van der Waals surface area contributed by atoms with E-state index < -0.39 is 11.9 Å². The second-order valence-electron chi connectivity index (χ2n) is 3.67. The molecule has 18 heavy (non-hydrogen) atoms. The number of pyridine rings is 1. The average Bonchev–Trinajstić information content (AvgIpc) is 2.38. The third-order valence-electron chi connectivity index (χ3n) is 2.34. The molecule has 0 aliphatic rings. The maximum absolute atomic E-state index is 12.6. The number of halogens is 1. The molecule has 0 radical (unpaired) electrons. The molecule has 0 saturated carbocycles. The highest BCUT2D eigenvalue weighted by atomic mass is 19.1. The van der Waals surface area contributed by atoms with Crippen LogP contribution in [0.1, 0.15) is 15.9 Å². The number of hydrogen-bond acceptors (Lipinski definition) is 3. The Labute approximate surface area is 103 Å². The standard InChI is InChI=1S/C13H11FN2O2/c14-12-6-5-11(7-16-12)18-8-9-1-3-10(4-2-9)13(15)17/h1-7H,8H2,(H2,15,17). The van der Waals surface area contributed by atoms with E-state index in [-0.39, 0.29) is 0 Å². The number of ether oxygens (including phenoxy) is 1. The van der Waals surface area contributed by atoms with Crippen LogP contribution in [0, 0.1) is 5.95 Å². The molecule has 0 atom stereocenters. The van der Waals surface area contributed by atoms with Gasteiger partial charge in [0.05, 0.1) is 6.20 Å². The molecule has 2 rings (SSSR count). The first-order valence-electron chi connectivity index (χ1n) is 5.28. The van der Waals surface area contributed by atoms with Crippen LogP contribution in [0.3, 0.4) is 0 Å². The molecule has 1 heterocycles. The van der Waals surface area contributed by atoms with Gasteiger partial charge >= 0.3 is 0 Å². The Kier molecular flexibility index (Phi) is 3.52. The van der Waals surface area contributed by atoms with Crippen molar-refractivity contribution in [3.8, 4) is 5.75 Å². The zero-order valence-electron chi connectivity index (χ0n) is 9.47. The molecule has 1 aromatic heterocycles. The molecule has 1 aromatic carbocycles. The molecular weight excluding hydrogens is 235 g/mol. The van der Waals surface area contributed by atoms with E-state index in [2.05, 4.69) is 4.98 Å². The lowest BCUT2D eigenvalue weighted by molar-refractivity contribution is 0.1000. The lowest BCUT2D eigenvalue weighted by Crippen LogP contribution is -2.10. The van der Waals surface area contributed by atoms with Crippen LogP contribution in [-0.2, 0) is 6.61 Å². The van der Waals surface area contributed by atoms with Gasteiger partial charge in [0.15, 0.2) is 0 Å². The Balaban J connectivity index is 1.97. The predicted molar refractivity (Wildman–Crippen MR) is 63.5 cm³/mol. The van der Waals surface area contributed by atoms with Crippen LogP contribution in [0.15, 0.2) is 42.6 Å². The summed E-state index contributed by atoms with van der Waals surface area (Å²) in [5, 5.41) is 0. The van der Waals surface area contributed by atoms with Gasteiger partial charge in [0.2, 0.25) is 11.9 Å². The fourth-order valence-corrected chi connectivity index (χ4v) is 1.38. The van der Waals surface area contributed by atoms with Gasteiger partial charge in [-0.3, -0.25) is 4.79 Å². The molecule has 4 nitrogen and oxygen atoms in total. The molecule has 0 aliphatic heterocycles. The van der Waals surface area contributed by atoms with Gasteiger partial charge in [-0.25, -0.2) is 4.98 Å². The third kappa shape index (κ3) is 3.04. The van der Waals surface area contributed by atoms with Crippen molar-refractivity contribution in [3.63, 3.8) is 0 Å². The molecule has 0 fully saturated rings. The number of nitrogens with two attached hydrogens (primary N) is 1. The van der Waals surface area contributed by atoms with Crippen LogP contribution in [0.25, 0.3) is 0 Å². The van der Waals surface area contributed by atoms with Crippen LogP contribution < -0.4 is 10.5 Å². The minimum atomic E-state index is -0.548. The van der Waals surface area contributed by atoms with Gasteiger partial charge in [-0.2, -0.15) is 4.39 Å². The summed E-state index contributed by atoms with van der Waals surface area (Å²) in [5.74, 6) is -0.534. The molecule has 0 bridgehead atoms. The predicted octanol–water partition coefficient (Wildman–Crippen LogP) is 1.90. The summed E-state index contributed by atoms with van der Waals surface area (Å²) < 4.78 is 18.0. The van der Waals surface area contributed by atoms with E-state index in [0.717, 1.165) is 5.56 Å². The number of carbonyl (C=O) groups excluding carboxylic acids is 1. The zero-order chi connectivity index (χ0) is 13.0. The van der Waals surface area contributed by atoms with Gasteiger partial charge in [-0.1, -0.05) is 12.1 Å². The van der Waals surface area contributed by atoms with Crippen LogP contribution >= 0.6 is 0 Å². The van der Waals surface area contributed by atoms with E-state index in [1.54, 1.807) is 24.3 Å². The largest absolute Gasteiger partial charge is 0.487 e. The Morgan fingerprint density at radius 2 is 1.94 bits per heavy atom. The monoisotopic (exact) mass is 246 g/mol. The first-order chi connectivity index (χ1) is 8.65. The minimum Gasteiger partial charge on any atom is -0.487 e. The number of primary amides is 1. The van der Waals surface area contributed by atoms with Crippen molar-refractivity contribution in [1.29, 1.82) is 0 Å². The average molecular weight is 246 g/mol. The summed E-state index contributed by atoms with van der Waals surface area (Å²) in [6.45, 7) is 0.312. The Hall–Kier alpha value is -2.43. The van der Waals surface area contributed by atoms with E-state index in [1.165, 1.54) is 18.3 Å². The van der Waals surface area contributed by atoms with Gasteiger partial charge in [-0.05, 0) is 29.8 Å². The molecule has 0 aliphatic carbocycles. The van der Waals surface area contributed by atoms with E-state index in [4.69, 9.17) is 10.5 Å². The van der Waals surface area contributed by atoms with Gasteiger partial charge in [0.25, 0.3) is 0 Å². The number of aromatic nitrogens is 1. The highest BCUT2D eigenvalue weighted by molar-refractivity contribution is 5.92. The fraction of sp³-hybridized carbons (Fsp3) is 0.0769. The van der Waals surface area contributed by atoms with Crippen LogP contribution in [0.4, 0.5) is 4.39 Å². The van der Waals surface area contributed by atoms with E-state index in [1.807, 2.05) is 0 Å². The van der Waals surface area contributed by atoms with Crippen LogP contribution in [-0.4, -0.2) is 10.9 Å². The van der Waals surface area contributed by atoms with Crippen molar-refractivity contribution in [3.05, 3.63) is 59.7 Å². The number of benzene rings is 1. The summed E-state index contributed by atoms with van der Waals surface area (Å²) in [4.78, 5) is 14.3. The van der Waals surface area contributed by atoms with Gasteiger partial charge in [0.1, 0.15) is 12.4 Å². The van der Waals surface area contributed by atoms with E-state index >= 15 is 0 Å². The van der Waals surface area contributed by atoms with Crippen molar-refractivity contribution >= 4 is 5.91 Å². The summed E-state index contributed by atoms with van der Waals surface area (Å²) in [7, 11) is 0. The lowest BCUT2D eigenvalue weighted by atomic mass is 10.1. The number of amides is 1. The minimum absolute atomic E-state index is 0.312. The molecule has 0 unspecified atom stereocenters. The van der Waals surface area contributed by atoms with Crippen molar-refractivity contribution in [2.45, 2.75) is 6.61 Å². The molecule has 2 N–H and O–H groups in total. The first-order valence-corrected chi connectivity index (χ1v) is 5.28. The lowest BCUT2D eigenvalue weighted by Gasteiger charge is -2.06. The highest BCUT2D eigenvalue weighted by Crippen LogP contribution is 2.12. The maximum atomic E-state index is 12.6. The quantitative estimate of drug-likeness (QED) is 0.838. The van der Waals surface area contributed by atoms with Gasteiger partial charge < -0.3 is 10.5 Å². The summed E-state index contributed by atoms with van der Waals surface area (Å²) >= 11 is 0. The van der Waals surface area contributed by atoms with Crippen molar-refractivity contribution in [1.82, 2.24) is 4.98 Å². The number of carbonyl (C=O) groups is 1. The van der Waals surface area contributed by atoms with Crippen molar-refractivity contribution < 1.29 is 13.9 Å². The molecule has 0 spiro atoms. The van der Waals surface area contributed by atoms with Crippen molar-refractivity contribution in [2.24, 2.45) is 5.73 Å². The smallest absolute Gasteiger partial charge is 0.248 e. The van der Waals surface area contributed by atoms with Crippen LogP contribution in [0.2, 0.25) is 0 Å². The topological polar surface area (TPSA) is 65.2 Å².